The third kappa shape index (κ3) is 4.37. The topological polar surface area (TPSA) is 105 Å². The van der Waals surface area contributed by atoms with Gasteiger partial charge in [0.25, 0.3) is 0 Å². The Morgan fingerprint density at radius 3 is 2.61 bits per heavy atom. The minimum Gasteiger partial charge on any atom is -0.466 e. The number of nitriles is 1. The van der Waals surface area contributed by atoms with E-state index in [1.54, 1.807) is 13.0 Å². The molecule has 28 heavy (non-hydrogen) atoms. The van der Waals surface area contributed by atoms with E-state index >= 15 is 0 Å². The van der Waals surface area contributed by atoms with Crippen molar-refractivity contribution in [2.24, 2.45) is 11.7 Å². The second-order valence-corrected chi connectivity index (χ2v) is 7.63. The van der Waals surface area contributed by atoms with Crippen molar-refractivity contribution < 1.29 is 18.7 Å². The predicted molar refractivity (Wildman–Crippen MR) is 105 cm³/mol. The highest BCUT2D eigenvalue weighted by molar-refractivity contribution is 8.03. The van der Waals surface area contributed by atoms with Crippen LogP contribution < -0.4 is 11.1 Å². The van der Waals surface area contributed by atoms with Crippen molar-refractivity contribution in [1.29, 1.82) is 5.26 Å². The van der Waals surface area contributed by atoms with Crippen molar-refractivity contribution in [2.45, 2.75) is 26.7 Å². The number of aryl methyl sites for hydroxylation is 1. The number of nitrogens with zero attached hydrogens (tertiary/aromatic N) is 1. The Hall–Kier alpha value is -2.79. The van der Waals surface area contributed by atoms with Crippen LogP contribution in [0.1, 0.15) is 30.9 Å². The lowest BCUT2D eigenvalue weighted by Gasteiger charge is -2.32. The molecule has 1 aliphatic rings. The molecule has 0 saturated heterocycles. The zero-order valence-electron chi connectivity index (χ0n) is 16.1. The molecule has 3 N–H and O–H groups in total. The Balaban J connectivity index is 2.77. The smallest absolute Gasteiger partial charge is 0.336 e. The molecule has 0 spiro atoms. The summed E-state index contributed by atoms with van der Waals surface area (Å²) in [5.74, 6) is -2.37. The number of esters is 1. The van der Waals surface area contributed by atoms with Crippen molar-refractivity contribution in [2.75, 3.05) is 12.9 Å². The van der Waals surface area contributed by atoms with E-state index in [0.717, 1.165) is 11.8 Å². The maximum Gasteiger partial charge on any atom is 0.336 e. The molecular weight excluding hydrogens is 381 g/mol. The van der Waals surface area contributed by atoms with E-state index in [9.17, 15) is 19.2 Å². The number of dihydropyridines is 1. The van der Waals surface area contributed by atoms with Crippen LogP contribution in [-0.4, -0.2) is 24.7 Å². The summed E-state index contributed by atoms with van der Waals surface area (Å²) in [5.41, 5.74) is 7.62. The Labute approximate surface area is 167 Å². The quantitative estimate of drug-likeness (QED) is 0.708. The van der Waals surface area contributed by atoms with Crippen LogP contribution >= 0.6 is 11.8 Å². The number of hydrogen-bond acceptors (Lipinski definition) is 6. The summed E-state index contributed by atoms with van der Waals surface area (Å²) in [6, 6.07) is 6.35. The van der Waals surface area contributed by atoms with E-state index in [1.165, 1.54) is 19.2 Å². The van der Waals surface area contributed by atoms with Crippen molar-refractivity contribution >= 4 is 23.6 Å². The molecule has 8 heteroatoms. The molecule has 0 aromatic heterocycles. The first kappa shape index (κ1) is 21.5. The summed E-state index contributed by atoms with van der Waals surface area (Å²) in [5, 5.41) is 13.4. The van der Waals surface area contributed by atoms with Gasteiger partial charge in [0.15, 0.2) is 0 Å². The van der Waals surface area contributed by atoms with E-state index in [0.29, 0.717) is 27.4 Å². The highest BCUT2D eigenvalue weighted by atomic mass is 32.2. The van der Waals surface area contributed by atoms with Gasteiger partial charge in [-0.1, -0.05) is 31.7 Å². The Morgan fingerprint density at radius 1 is 1.43 bits per heavy atom. The first-order valence-electron chi connectivity index (χ1n) is 8.62. The van der Waals surface area contributed by atoms with Gasteiger partial charge in [-0.2, -0.15) is 5.26 Å². The first-order chi connectivity index (χ1) is 13.2. The van der Waals surface area contributed by atoms with E-state index in [-0.39, 0.29) is 17.2 Å². The lowest BCUT2D eigenvalue weighted by Crippen LogP contribution is -2.32. The van der Waals surface area contributed by atoms with E-state index in [2.05, 4.69) is 11.4 Å². The van der Waals surface area contributed by atoms with Crippen LogP contribution in [0.4, 0.5) is 4.39 Å². The van der Waals surface area contributed by atoms with Gasteiger partial charge in [0, 0.05) is 5.70 Å². The van der Waals surface area contributed by atoms with Gasteiger partial charge in [-0.05, 0) is 36.1 Å². The SMILES string of the molecule is COC(=O)C1=C(C(C)C)NC(SCC(N)=O)=C(C#N)C1c1ccc(F)cc1C. The standard InChI is InChI=1S/C20H22FN3O3S/c1-10(2)18-17(20(26)27-4)16(13-6-5-12(21)7-11(13)3)14(8-22)19(24-18)28-9-15(23)25/h5-7,10,16,24H,9H2,1-4H3,(H2,23,25). The van der Waals surface area contributed by atoms with Gasteiger partial charge in [-0.3, -0.25) is 4.79 Å². The molecule has 1 heterocycles. The number of hydrogen-bond donors (Lipinski definition) is 2. The summed E-state index contributed by atoms with van der Waals surface area (Å²) in [4.78, 5) is 23.9. The second-order valence-electron chi connectivity index (χ2n) is 6.64. The molecule has 0 bridgehead atoms. The van der Waals surface area contributed by atoms with Gasteiger partial charge >= 0.3 is 5.97 Å². The molecule has 1 amide bonds. The van der Waals surface area contributed by atoms with Crippen molar-refractivity contribution in [3.8, 4) is 6.07 Å². The number of methoxy groups -OCH3 is 1. The second kappa shape index (κ2) is 8.93. The van der Waals surface area contributed by atoms with Crippen LogP contribution in [0.2, 0.25) is 0 Å². The highest BCUT2D eigenvalue weighted by Gasteiger charge is 2.38. The Morgan fingerprint density at radius 2 is 2.11 bits per heavy atom. The molecule has 6 nitrogen and oxygen atoms in total. The molecule has 1 aromatic rings. The number of thioether (sulfide) groups is 1. The number of halogens is 1. The largest absolute Gasteiger partial charge is 0.466 e. The molecule has 0 radical (unpaired) electrons. The first-order valence-corrected chi connectivity index (χ1v) is 9.60. The van der Waals surface area contributed by atoms with Gasteiger partial charge in [-0.25, -0.2) is 9.18 Å². The van der Waals surface area contributed by atoms with Gasteiger partial charge in [0.2, 0.25) is 5.91 Å². The van der Waals surface area contributed by atoms with E-state index in [4.69, 9.17) is 10.5 Å². The maximum atomic E-state index is 13.7. The average molecular weight is 403 g/mol. The van der Waals surface area contributed by atoms with Crippen molar-refractivity contribution in [3.05, 3.63) is 57.0 Å². The van der Waals surface area contributed by atoms with Crippen molar-refractivity contribution in [3.63, 3.8) is 0 Å². The van der Waals surface area contributed by atoms with Crippen LogP contribution in [-0.2, 0) is 14.3 Å². The minimum absolute atomic E-state index is 0.0262. The number of nitrogens with one attached hydrogen (secondary N) is 1. The zero-order valence-corrected chi connectivity index (χ0v) is 16.9. The third-order valence-electron chi connectivity index (χ3n) is 4.37. The number of amides is 1. The fourth-order valence-electron chi connectivity index (χ4n) is 3.13. The molecule has 0 aliphatic carbocycles. The summed E-state index contributed by atoms with van der Waals surface area (Å²) in [7, 11) is 1.27. The summed E-state index contributed by atoms with van der Waals surface area (Å²) < 4.78 is 18.6. The van der Waals surface area contributed by atoms with E-state index in [1.807, 2.05) is 13.8 Å². The van der Waals surface area contributed by atoms with Crippen LogP contribution in [0.25, 0.3) is 0 Å². The Bertz CT molecular complexity index is 916. The number of benzene rings is 1. The molecule has 1 aromatic carbocycles. The fraction of sp³-hybridized carbons (Fsp3) is 0.350. The van der Waals surface area contributed by atoms with Crippen LogP contribution in [0, 0.1) is 30.0 Å². The van der Waals surface area contributed by atoms with E-state index < -0.39 is 23.6 Å². The number of primary amides is 1. The lowest BCUT2D eigenvalue weighted by atomic mass is 9.79. The third-order valence-corrected chi connectivity index (χ3v) is 5.40. The van der Waals surface area contributed by atoms with Gasteiger partial charge in [0.1, 0.15) is 5.82 Å². The van der Waals surface area contributed by atoms with Gasteiger partial charge in [-0.15, -0.1) is 0 Å². The van der Waals surface area contributed by atoms with Crippen LogP contribution in [0.3, 0.4) is 0 Å². The highest BCUT2D eigenvalue weighted by Crippen LogP contribution is 2.43. The van der Waals surface area contributed by atoms with Gasteiger partial charge < -0.3 is 15.8 Å². The van der Waals surface area contributed by atoms with Crippen LogP contribution in [0.15, 0.2) is 40.1 Å². The zero-order chi connectivity index (χ0) is 21.0. The van der Waals surface area contributed by atoms with Crippen LogP contribution in [0.5, 0.6) is 0 Å². The number of nitrogens with two attached hydrogens (primary N) is 1. The summed E-state index contributed by atoms with van der Waals surface area (Å²) >= 11 is 1.10. The number of allylic oxidation sites excluding steroid dienone is 2. The fourth-order valence-corrected chi connectivity index (χ4v) is 3.92. The minimum atomic E-state index is -0.743. The molecule has 0 saturated carbocycles. The molecule has 1 atom stereocenters. The molecule has 0 fully saturated rings. The number of ether oxygens (including phenoxy) is 1. The summed E-state index contributed by atoms with van der Waals surface area (Å²) in [6.45, 7) is 5.51. The van der Waals surface area contributed by atoms with Gasteiger partial charge in [0.05, 0.1) is 41.0 Å². The average Bonchev–Trinajstić information content (AvgIpc) is 2.64. The van der Waals surface area contributed by atoms with Crippen molar-refractivity contribution in [1.82, 2.24) is 5.32 Å². The maximum absolute atomic E-state index is 13.7. The lowest BCUT2D eigenvalue weighted by molar-refractivity contribution is -0.136. The summed E-state index contributed by atoms with van der Waals surface area (Å²) in [6.07, 6.45) is 0. The molecule has 2 rings (SSSR count). The number of carbonyl (C=O) groups excluding carboxylic acids is 2. The molecular formula is C20H22FN3O3S. The normalized spacial score (nSPS) is 16.7. The molecule has 148 valence electrons. The Kier molecular flexibility index (Phi) is 6.86. The number of rotatable bonds is 6. The number of carbonyl (C=O) groups is 2. The molecule has 1 unspecified atom stereocenters. The monoisotopic (exact) mass is 403 g/mol. The molecule has 1 aliphatic heterocycles. The predicted octanol–water partition coefficient (Wildman–Crippen LogP) is 2.86.